The Balaban J connectivity index is 1.55. The average molecular weight is 324 g/mol. The van der Waals surface area contributed by atoms with Crippen molar-refractivity contribution in [1.82, 2.24) is 10.2 Å². The summed E-state index contributed by atoms with van der Waals surface area (Å²) in [5, 5.41) is 10.7. The Morgan fingerprint density at radius 3 is 2.92 bits per heavy atom. The summed E-state index contributed by atoms with van der Waals surface area (Å²) in [5.74, 6) is 0.589. The second kappa shape index (κ2) is 6.20. The van der Waals surface area contributed by atoms with Crippen molar-refractivity contribution in [3.63, 3.8) is 0 Å². The predicted octanol–water partition coefficient (Wildman–Crippen LogP) is 2.52. The van der Waals surface area contributed by atoms with Crippen LogP contribution in [0.2, 0.25) is 0 Å². The fourth-order valence-corrected chi connectivity index (χ4v) is 3.42. The van der Waals surface area contributed by atoms with Crippen LogP contribution in [0.4, 0.5) is 0 Å². The summed E-state index contributed by atoms with van der Waals surface area (Å²) in [6.07, 6.45) is 3.95. The van der Waals surface area contributed by atoms with Gasteiger partial charge in [-0.1, -0.05) is 18.7 Å². The van der Waals surface area contributed by atoms with Gasteiger partial charge in [0, 0.05) is 18.7 Å². The lowest BCUT2D eigenvalue weighted by Crippen LogP contribution is -2.34. The number of hydrogen-bond acceptors (Lipinski definition) is 5. The van der Waals surface area contributed by atoms with Crippen molar-refractivity contribution in [2.45, 2.75) is 32.0 Å². The minimum Gasteiger partial charge on any atom is -0.490 e. The Morgan fingerprint density at radius 2 is 2.08 bits per heavy atom. The van der Waals surface area contributed by atoms with E-state index in [0.717, 1.165) is 43.9 Å². The van der Waals surface area contributed by atoms with E-state index in [1.54, 1.807) is 6.20 Å². The largest absolute Gasteiger partial charge is 0.490 e. The van der Waals surface area contributed by atoms with Crippen molar-refractivity contribution in [3.05, 3.63) is 53.4 Å². The maximum Gasteiger partial charge on any atom is 0.296 e. The summed E-state index contributed by atoms with van der Waals surface area (Å²) in [6.45, 7) is 7.29. The van der Waals surface area contributed by atoms with Gasteiger partial charge in [-0.05, 0) is 37.6 Å². The Kier molecular flexibility index (Phi) is 3.90. The molecule has 0 aliphatic carbocycles. The molecule has 0 radical (unpaired) electrons. The number of amides is 1. The molecule has 1 saturated heterocycles. The molecule has 1 fully saturated rings. The van der Waals surface area contributed by atoms with Crippen LogP contribution in [0.1, 0.15) is 24.0 Å². The van der Waals surface area contributed by atoms with E-state index in [-0.39, 0.29) is 12.0 Å². The molecule has 1 aromatic carbocycles. The van der Waals surface area contributed by atoms with Crippen molar-refractivity contribution >= 4 is 5.91 Å². The van der Waals surface area contributed by atoms with Gasteiger partial charge in [-0.2, -0.15) is 5.11 Å². The van der Waals surface area contributed by atoms with Gasteiger partial charge in [-0.15, -0.1) is 5.11 Å². The van der Waals surface area contributed by atoms with E-state index in [4.69, 9.17) is 4.74 Å². The highest BCUT2D eigenvalue weighted by atomic mass is 16.5. The van der Waals surface area contributed by atoms with Crippen LogP contribution in [-0.4, -0.2) is 30.0 Å². The first-order valence-corrected chi connectivity index (χ1v) is 8.30. The highest BCUT2D eigenvalue weighted by Gasteiger charge is 2.29. The topological polar surface area (TPSA) is 66.3 Å². The zero-order valence-electron chi connectivity index (χ0n) is 13.5. The highest BCUT2D eigenvalue weighted by Crippen LogP contribution is 2.36. The third-order valence-electron chi connectivity index (χ3n) is 4.76. The fraction of sp³-hybridized carbons (Fsp3) is 0.389. The van der Waals surface area contributed by atoms with E-state index in [9.17, 15) is 4.79 Å². The molecular weight excluding hydrogens is 304 g/mol. The molecule has 1 amide bonds. The van der Waals surface area contributed by atoms with Gasteiger partial charge in [0.25, 0.3) is 5.91 Å². The van der Waals surface area contributed by atoms with Crippen LogP contribution in [0.5, 0.6) is 5.75 Å². The van der Waals surface area contributed by atoms with Crippen molar-refractivity contribution < 1.29 is 9.53 Å². The smallest absolute Gasteiger partial charge is 0.296 e. The summed E-state index contributed by atoms with van der Waals surface area (Å²) in [6, 6.07) is 6.19. The number of hydrogen-bond donors (Lipinski definition) is 1. The molecule has 0 spiro atoms. The van der Waals surface area contributed by atoms with Gasteiger partial charge in [-0.25, -0.2) is 0 Å². The van der Waals surface area contributed by atoms with E-state index >= 15 is 0 Å². The molecule has 1 aromatic rings. The molecule has 4 rings (SSSR count). The van der Waals surface area contributed by atoms with Crippen molar-refractivity contribution in [2.75, 3.05) is 13.1 Å². The van der Waals surface area contributed by atoms with Crippen LogP contribution >= 0.6 is 0 Å². The number of ether oxygens (including phenoxy) is 1. The third-order valence-corrected chi connectivity index (χ3v) is 4.76. The maximum absolute atomic E-state index is 11.7. The van der Waals surface area contributed by atoms with Gasteiger partial charge < -0.3 is 15.0 Å². The highest BCUT2D eigenvalue weighted by molar-refractivity contribution is 5.98. The first kappa shape index (κ1) is 15.1. The number of benzene rings is 1. The zero-order chi connectivity index (χ0) is 16.5. The van der Waals surface area contributed by atoms with Crippen LogP contribution in [0.3, 0.4) is 0 Å². The predicted molar refractivity (Wildman–Crippen MR) is 89.3 cm³/mol. The Bertz CT molecular complexity index is 747. The summed E-state index contributed by atoms with van der Waals surface area (Å²) in [7, 11) is 0. The maximum atomic E-state index is 11.7. The monoisotopic (exact) mass is 324 g/mol. The number of nitrogens with zero attached hydrogens (tertiary/aromatic N) is 3. The Morgan fingerprint density at radius 1 is 1.25 bits per heavy atom. The first-order chi connectivity index (χ1) is 11.7. The molecule has 3 aliphatic heterocycles. The SMILES string of the molecule is C=C1C(=O)N=NC=C1N1Cc2cccc(OC3CCNCC3)c2C1. The van der Waals surface area contributed by atoms with Gasteiger partial charge in [0.05, 0.1) is 17.5 Å². The summed E-state index contributed by atoms with van der Waals surface area (Å²) >= 11 is 0. The number of piperidine rings is 1. The molecular formula is C18H20N4O2. The molecule has 3 aliphatic rings. The van der Waals surface area contributed by atoms with E-state index in [0.29, 0.717) is 12.1 Å². The van der Waals surface area contributed by atoms with Crippen LogP contribution in [0.25, 0.3) is 0 Å². The molecule has 0 bridgehead atoms. The zero-order valence-corrected chi connectivity index (χ0v) is 13.5. The fourth-order valence-electron chi connectivity index (χ4n) is 3.42. The van der Waals surface area contributed by atoms with Gasteiger partial charge >= 0.3 is 0 Å². The molecule has 1 N–H and O–H groups in total. The van der Waals surface area contributed by atoms with Crippen LogP contribution in [0.15, 0.2) is 52.5 Å². The number of carbonyl (C=O) groups excluding carboxylic acids is 1. The van der Waals surface area contributed by atoms with E-state index in [2.05, 4.69) is 33.1 Å². The van der Waals surface area contributed by atoms with Crippen LogP contribution in [-0.2, 0) is 17.9 Å². The standard InChI is InChI=1S/C18H20N4O2/c1-12-16(9-20-21-18(12)23)22-10-13-3-2-4-17(15(13)11-22)24-14-5-7-19-8-6-14/h2-4,9,14,19H,1,5-8,10-11H2. The van der Waals surface area contributed by atoms with Gasteiger partial charge in [0.2, 0.25) is 0 Å². The molecule has 124 valence electrons. The van der Waals surface area contributed by atoms with Gasteiger partial charge in [0.15, 0.2) is 0 Å². The second-order valence-corrected chi connectivity index (χ2v) is 6.33. The number of nitrogens with one attached hydrogen (secondary N) is 1. The Labute approximate surface area is 140 Å². The average Bonchev–Trinajstić information content (AvgIpc) is 3.03. The summed E-state index contributed by atoms with van der Waals surface area (Å²) in [5.41, 5.74) is 3.57. The molecule has 0 unspecified atom stereocenters. The summed E-state index contributed by atoms with van der Waals surface area (Å²) in [4.78, 5) is 13.8. The lowest BCUT2D eigenvalue weighted by Gasteiger charge is -2.25. The third kappa shape index (κ3) is 2.73. The lowest BCUT2D eigenvalue weighted by atomic mass is 10.1. The number of carbonyl (C=O) groups is 1. The van der Waals surface area contributed by atoms with Crippen molar-refractivity contribution in [1.29, 1.82) is 0 Å². The minimum absolute atomic E-state index is 0.269. The molecule has 0 saturated carbocycles. The van der Waals surface area contributed by atoms with Crippen molar-refractivity contribution in [3.8, 4) is 5.75 Å². The second-order valence-electron chi connectivity index (χ2n) is 6.33. The van der Waals surface area contributed by atoms with Crippen LogP contribution < -0.4 is 10.1 Å². The number of fused-ring (bicyclic) bond motifs is 1. The Hall–Kier alpha value is -2.47. The molecule has 24 heavy (non-hydrogen) atoms. The molecule has 6 heteroatoms. The van der Waals surface area contributed by atoms with Gasteiger partial charge in [0.1, 0.15) is 11.9 Å². The number of rotatable bonds is 3. The first-order valence-electron chi connectivity index (χ1n) is 8.30. The van der Waals surface area contributed by atoms with E-state index in [1.807, 2.05) is 12.1 Å². The number of azo groups is 1. The molecule has 3 heterocycles. The van der Waals surface area contributed by atoms with Crippen LogP contribution in [0, 0.1) is 0 Å². The lowest BCUT2D eigenvalue weighted by molar-refractivity contribution is -0.114. The van der Waals surface area contributed by atoms with Crippen molar-refractivity contribution in [2.24, 2.45) is 10.2 Å². The summed E-state index contributed by atoms with van der Waals surface area (Å²) < 4.78 is 6.26. The molecule has 6 nitrogen and oxygen atoms in total. The molecule has 0 atom stereocenters. The van der Waals surface area contributed by atoms with Gasteiger partial charge in [-0.3, -0.25) is 4.79 Å². The minimum atomic E-state index is -0.366. The molecule has 0 aromatic heterocycles. The quantitative estimate of drug-likeness (QED) is 0.868. The van der Waals surface area contributed by atoms with E-state index < -0.39 is 0 Å². The van der Waals surface area contributed by atoms with E-state index in [1.165, 1.54) is 11.1 Å². The normalized spacial score (nSPS) is 21.0.